The molecule has 1 nitrogen and oxygen atoms in total. The lowest BCUT2D eigenvalue weighted by atomic mass is 10.3. The van der Waals surface area contributed by atoms with Gasteiger partial charge in [-0.1, -0.05) is 86.6 Å². The Morgan fingerprint density at radius 3 is 1.28 bits per heavy atom. The Morgan fingerprint density at radius 1 is 0.611 bits per heavy atom. The SMILES string of the molecule is CCC(O[Si](C)(C)C)[P+](c1ccccc1)(c1ccccc1)c1ccccc1.CCc1c2cccc1-2.[I-]. The molecule has 3 aromatic carbocycles. The molecular weight excluding hydrogens is 586 g/mol. The van der Waals surface area contributed by atoms with E-state index in [1.165, 1.54) is 33.5 Å². The molecule has 0 saturated carbocycles. The average molecular weight is 625 g/mol. The number of hydrogen-bond donors (Lipinski definition) is 0. The summed E-state index contributed by atoms with van der Waals surface area (Å²) in [5.41, 5.74) is 4.59. The molecule has 2 aliphatic rings. The van der Waals surface area contributed by atoms with Crippen LogP contribution in [-0.4, -0.2) is 14.2 Å². The Morgan fingerprint density at radius 2 is 1.00 bits per heavy atom. The van der Waals surface area contributed by atoms with E-state index in [0.29, 0.717) is 0 Å². The number of fused-ring (bicyclic) bond motifs is 1. The van der Waals surface area contributed by atoms with Crippen LogP contribution < -0.4 is 39.9 Å². The molecule has 1 atom stereocenters. The van der Waals surface area contributed by atoms with Gasteiger partial charge in [-0.3, -0.25) is 0 Å². The van der Waals surface area contributed by atoms with E-state index < -0.39 is 15.6 Å². The Labute approximate surface area is 236 Å². The second kappa shape index (κ2) is 12.6. The Bertz CT molecular complexity index is 1110. The lowest BCUT2D eigenvalue weighted by Gasteiger charge is -2.37. The van der Waals surface area contributed by atoms with Gasteiger partial charge >= 0.3 is 0 Å². The predicted molar refractivity (Wildman–Crippen MR) is 158 cm³/mol. The van der Waals surface area contributed by atoms with E-state index in [1.54, 1.807) is 5.56 Å². The van der Waals surface area contributed by atoms with E-state index >= 15 is 0 Å². The molecule has 0 bridgehead atoms. The molecule has 0 fully saturated rings. The molecule has 0 saturated heterocycles. The Balaban J connectivity index is 0.000000337. The van der Waals surface area contributed by atoms with E-state index in [1.807, 2.05) is 0 Å². The molecule has 5 rings (SSSR count). The molecule has 0 radical (unpaired) electrons. The van der Waals surface area contributed by atoms with Crippen LogP contribution >= 0.6 is 7.26 Å². The number of halogens is 1. The number of hydrogen-bond acceptors (Lipinski definition) is 1. The third-order valence-corrected chi connectivity index (χ3v) is 12.4. The van der Waals surface area contributed by atoms with Crippen LogP contribution in [0.15, 0.2) is 109 Å². The summed E-state index contributed by atoms with van der Waals surface area (Å²) in [6.45, 7) is 11.4. The highest BCUT2D eigenvalue weighted by molar-refractivity contribution is 7.96. The molecule has 0 aliphatic heterocycles. The largest absolute Gasteiger partial charge is 1.00 e. The zero-order chi connectivity index (χ0) is 24.9. The fourth-order valence-electron chi connectivity index (χ4n) is 5.04. The van der Waals surface area contributed by atoms with E-state index in [9.17, 15) is 0 Å². The standard InChI is InChI=1S/C24H30OPSi.C8H8.HI/c1-5-24(25-27(2,3)4)26(21-15-9-6-10-16-21,22-17-11-7-12-18-22)23-19-13-8-14-20-23;1-2-6-7-4-3-5-8(6)7;/h6-20,24H,5H2,1-4H3;3-5H,2H2,1H3;1H/q+1;;/p-1. The van der Waals surface area contributed by atoms with Crippen LogP contribution in [0.1, 0.15) is 25.8 Å². The van der Waals surface area contributed by atoms with Gasteiger partial charge in [0.25, 0.3) is 0 Å². The number of rotatable bonds is 8. The molecule has 0 N–H and O–H groups in total. The van der Waals surface area contributed by atoms with E-state index in [0.717, 1.165) is 6.42 Å². The molecular formula is C32H38IOPSi. The summed E-state index contributed by atoms with van der Waals surface area (Å²) in [7, 11) is -3.67. The maximum atomic E-state index is 6.90. The van der Waals surface area contributed by atoms with Crippen molar-refractivity contribution in [1.29, 1.82) is 0 Å². The summed E-state index contributed by atoms with van der Waals surface area (Å²) in [6, 6.07) is 39.6. The van der Waals surface area contributed by atoms with Crippen LogP contribution in [0.5, 0.6) is 0 Å². The predicted octanol–water partition coefficient (Wildman–Crippen LogP) is 4.80. The lowest BCUT2D eigenvalue weighted by Crippen LogP contribution is -3.00. The minimum absolute atomic E-state index is 0. The van der Waals surface area contributed by atoms with Crippen LogP contribution in [0.25, 0.3) is 11.1 Å². The van der Waals surface area contributed by atoms with Gasteiger partial charge in [-0.2, -0.15) is 0 Å². The first-order chi connectivity index (χ1) is 16.9. The number of aryl methyl sites for hydroxylation is 1. The molecule has 0 spiro atoms. The van der Waals surface area contributed by atoms with Crippen molar-refractivity contribution in [1.82, 2.24) is 0 Å². The molecule has 36 heavy (non-hydrogen) atoms. The molecule has 0 amide bonds. The number of benzene rings is 4. The van der Waals surface area contributed by atoms with Gasteiger partial charge in [0.15, 0.2) is 14.2 Å². The summed E-state index contributed by atoms with van der Waals surface area (Å²) in [5, 5.41) is 4.19. The maximum Gasteiger partial charge on any atom is 0.188 e. The molecule has 4 heteroatoms. The quantitative estimate of drug-likeness (QED) is 0.137. The van der Waals surface area contributed by atoms with Crippen molar-refractivity contribution in [3.05, 3.63) is 115 Å². The first kappa shape index (κ1) is 28.8. The molecule has 1 unspecified atom stereocenters. The van der Waals surface area contributed by atoms with Gasteiger partial charge in [-0.25, -0.2) is 0 Å². The first-order valence-corrected chi connectivity index (χ1v) is 18.0. The van der Waals surface area contributed by atoms with Crippen molar-refractivity contribution < 1.29 is 28.4 Å². The minimum Gasteiger partial charge on any atom is -1.00 e. The summed E-state index contributed by atoms with van der Waals surface area (Å²) < 4.78 is 6.90. The smallest absolute Gasteiger partial charge is 0.188 e. The second-order valence-electron chi connectivity index (χ2n) is 10.0. The van der Waals surface area contributed by atoms with Crippen LogP contribution in [0.2, 0.25) is 19.6 Å². The lowest BCUT2D eigenvalue weighted by molar-refractivity contribution is -0.00000833. The van der Waals surface area contributed by atoms with Gasteiger partial charge in [0.05, 0.1) is 0 Å². The van der Waals surface area contributed by atoms with Gasteiger partial charge < -0.3 is 28.4 Å². The molecule has 2 aliphatic carbocycles. The molecule has 0 heterocycles. The van der Waals surface area contributed by atoms with Crippen molar-refractivity contribution in [3.8, 4) is 11.1 Å². The van der Waals surface area contributed by atoms with E-state index in [4.69, 9.17) is 4.43 Å². The fraction of sp³-hybridized carbons (Fsp3) is 0.250. The molecule has 188 valence electrons. The van der Waals surface area contributed by atoms with Crippen molar-refractivity contribution in [3.63, 3.8) is 0 Å². The molecule has 0 aromatic heterocycles. The highest BCUT2D eigenvalue weighted by Gasteiger charge is 2.53. The van der Waals surface area contributed by atoms with Crippen LogP contribution in [-0.2, 0) is 10.8 Å². The van der Waals surface area contributed by atoms with Crippen LogP contribution in [0.3, 0.4) is 0 Å². The Kier molecular flexibility index (Phi) is 10.1. The van der Waals surface area contributed by atoms with Crippen molar-refractivity contribution in [2.24, 2.45) is 0 Å². The Hall–Kier alpha value is -1.78. The molecule has 3 aromatic rings. The van der Waals surface area contributed by atoms with Gasteiger partial charge in [-0.05, 0) is 79.2 Å². The topological polar surface area (TPSA) is 9.23 Å². The van der Waals surface area contributed by atoms with Crippen molar-refractivity contribution >= 4 is 31.5 Å². The minimum atomic E-state index is -1.95. The summed E-state index contributed by atoms with van der Waals surface area (Å²) in [5.74, 6) is 0.177. The van der Waals surface area contributed by atoms with Crippen molar-refractivity contribution in [2.45, 2.75) is 52.2 Å². The van der Waals surface area contributed by atoms with Gasteiger partial charge in [0, 0.05) is 6.42 Å². The van der Waals surface area contributed by atoms with E-state index in [2.05, 4.69) is 143 Å². The van der Waals surface area contributed by atoms with E-state index in [-0.39, 0.29) is 29.8 Å². The third kappa shape index (κ3) is 6.19. The normalized spacial score (nSPS) is 12.6. The zero-order valence-corrected chi connectivity index (χ0v) is 26.2. The first-order valence-electron chi connectivity index (χ1n) is 12.8. The average Bonchev–Trinajstić information content (AvgIpc) is 3.33. The maximum absolute atomic E-state index is 6.90. The summed E-state index contributed by atoms with van der Waals surface area (Å²) >= 11 is 0. The monoisotopic (exact) mass is 624 g/mol. The highest BCUT2D eigenvalue weighted by Crippen LogP contribution is 2.61. The van der Waals surface area contributed by atoms with Gasteiger partial charge in [-0.15, -0.1) is 0 Å². The summed E-state index contributed by atoms with van der Waals surface area (Å²) in [4.78, 5) is 0. The van der Waals surface area contributed by atoms with Gasteiger partial charge in [0.2, 0.25) is 0 Å². The summed E-state index contributed by atoms with van der Waals surface area (Å²) in [6.07, 6.45) is 2.21. The van der Waals surface area contributed by atoms with Crippen LogP contribution in [0.4, 0.5) is 0 Å². The third-order valence-electron chi connectivity index (χ3n) is 6.52. The van der Waals surface area contributed by atoms with Crippen LogP contribution in [0, 0.1) is 0 Å². The highest BCUT2D eigenvalue weighted by atomic mass is 127. The van der Waals surface area contributed by atoms with Gasteiger partial charge in [0.1, 0.15) is 23.2 Å². The second-order valence-corrected chi connectivity index (χ2v) is 18.0. The zero-order valence-electron chi connectivity index (χ0n) is 22.1. The fourth-order valence-corrected chi connectivity index (χ4v) is 12.0. The van der Waals surface area contributed by atoms with Crippen molar-refractivity contribution in [2.75, 3.05) is 0 Å².